The third-order valence-electron chi connectivity index (χ3n) is 8.77. The van der Waals surface area contributed by atoms with Crippen molar-refractivity contribution in [3.63, 3.8) is 0 Å². The van der Waals surface area contributed by atoms with Crippen LogP contribution in [0.5, 0.6) is 11.5 Å². The molecular weight excluding hydrogens is 541 g/mol. The topological polar surface area (TPSA) is 48.8 Å². The van der Waals surface area contributed by atoms with Gasteiger partial charge in [-0.3, -0.25) is 4.90 Å². The van der Waals surface area contributed by atoms with Crippen LogP contribution in [-0.4, -0.2) is 32.7 Å². The Balaban J connectivity index is 1.32. The van der Waals surface area contributed by atoms with Gasteiger partial charge in [-0.05, 0) is 75.4 Å². The molecule has 0 unspecified atom stereocenters. The van der Waals surface area contributed by atoms with Gasteiger partial charge >= 0.3 is 0 Å². The van der Waals surface area contributed by atoms with Crippen LogP contribution in [0.2, 0.25) is 0 Å². The maximum absolute atomic E-state index is 14.2. The van der Waals surface area contributed by atoms with Gasteiger partial charge in [0.05, 0.1) is 18.5 Å². The van der Waals surface area contributed by atoms with Crippen molar-refractivity contribution >= 4 is 0 Å². The molecule has 0 aliphatic carbocycles. The molecule has 6 rings (SSSR count). The highest BCUT2D eigenvalue weighted by molar-refractivity contribution is 5.50. The van der Waals surface area contributed by atoms with Gasteiger partial charge in [0.15, 0.2) is 0 Å². The first-order valence-electron chi connectivity index (χ1n) is 15.4. The zero-order chi connectivity index (χ0) is 29.8. The van der Waals surface area contributed by atoms with Gasteiger partial charge in [-0.2, -0.15) is 0 Å². The van der Waals surface area contributed by atoms with Crippen LogP contribution in [0, 0.1) is 11.7 Å². The van der Waals surface area contributed by atoms with Crippen molar-refractivity contribution in [1.82, 2.24) is 14.5 Å². The number of imidazole rings is 1. The van der Waals surface area contributed by atoms with Crippen LogP contribution in [0.4, 0.5) is 4.39 Å². The van der Waals surface area contributed by atoms with E-state index in [-0.39, 0.29) is 29.5 Å². The fourth-order valence-electron chi connectivity index (χ4n) is 6.51. The number of fused-ring (bicyclic) bond motifs is 3. The van der Waals surface area contributed by atoms with Crippen LogP contribution in [0.25, 0.3) is 0 Å². The maximum atomic E-state index is 14.2. The summed E-state index contributed by atoms with van der Waals surface area (Å²) >= 11 is 0. The molecule has 1 aromatic heterocycles. The minimum atomic E-state index is -0.340. The molecule has 0 spiro atoms. The molecule has 2 aliphatic heterocycles. The van der Waals surface area contributed by atoms with E-state index in [9.17, 15) is 4.39 Å². The molecule has 3 aromatic carbocycles. The van der Waals surface area contributed by atoms with Crippen molar-refractivity contribution in [3.05, 3.63) is 114 Å². The normalized spacial score (nSPS) is 20.7. The van der Waals surface area contributed by atoms with Crippen molar-refractivity contribution in [2.24, 2.45) is 5.92 Å². The molecule has 0 N–H and O–H groups in total. The maximum Gasteiger partial charge on any atom is 0.126 e. The summed E-state index contributed by atoms with van der Waals surface area (Å²) in [5.41, 5.74) is 3.83. The Morgan fingerprint density at radius 2 is 1.86 bits per heavy atom. The molecule has 0 saturated carbocycles. The highest BCUT2D eigenvalue weighted by atomic mass is 19.1. The van der Waals surface area contributed by atoms with E-state index in [1.165, 1.54) is 6.07 Å². The van der Waals surface area contributed by atoms with Crippen molar-refractivity contribution in [2.75, 3.05) is 6.54 Å². The number of hydrogen-bond acceptors (Lipinski definition) is 5. The molecule has 4 aromatic rings. The molecule has 6 nitrogen and oxygen atoms in total. The Kier molecular flexibility index (Phi) is 8.82. The summed E-state index contributed by atoms with van der Waals surface area (Å²) in [6.07, 6.45) is 8.83. The molecule has 3 heterocycles. The van der Waals surface area contributed by atoms with E-state index in [2.05, 4.69) is 59.5 Å². The van der Waals surface area contributed by atoms with E-state index >= 15 is 0 Å². The lowest BCUT2D eigenvalue weighted by molar-refractivity contribution is -0.144. The van der Waals surface area contributed by atoms with Crippen molar-refractivity contribution < 1.29 is 18.6 Å². The lowest BCUT2D eigenvalue weighted by Gasteiger charge is -2.48. The number of halogens is 1. The second-order valence-electron chi connectivity index (χ2n) is 12.5. The summed E-state index contributed by atoms with van der Waals surface area (Å²) in [5.74, 6) is 1.76. The average molecular weight is 584 g/mol. The highest BCUT2D eigenvalue weighted by Gasteiger charge is 2.47. The molecule has 1 fully saturated rings. The summed E-state index contributed by atoms with van der Waals surface area (Å²) in [6, 6.07) is 21.4. The number of rotatable bonds is 11. The molecule has 0 amide bonds. The van der Waals surface area contributed by atoms with E-state index < -0.39 is 0 Å². The van der Waals surface area contributed by atoms with Crippen molar-refractivity contribution in [1.29, 1.82) is 0 Å². The molecule has 43 heavy (non-hydrogen) atoms. The Labute approximate surface area is 254 Å². The highest BCUT2D eigenvalue weighted by Crippen LogP contribution is 2.52. The number of aryl methyl sites for hydroxylation is 1. The molecule has 0 radical (unpaired) electrons. The molecule has 0 bridgehead atoms. The smallest absolute Gasteiger partial charge is 0.126 e. The fraction of sp³-hybridized carbons (Fsp3) is 0.417. The Hall–Kier alpha value is -3.68. The number of nitrogens with zero attached hydrogens (tertiary/aromatic N) is 3. The minimum Gasteiger partial charge on any atom is -0.489 e. The van der Waals surface area contributed by atoms with Crippen LogP contribution < -0.4 is 9.47 Å². The van der Waals surface area contributed by atoms with Gasteiger partial charge in [0.1, 0.15) is 29.5 Å². The number of hydrogen-bond donors (Lipinski definition) is 0. The summed E-state index contributed by atoms with van der Waals surface area (Å²) in [4.78, 5) is 6.54. The lowest BCUT2D eigenvalue weighted by atomic mass is 9.75. The Bertz CT molecular complexity index is 1490. The third-order valence-corrected chi connectivity index (χ3v) is 8.77. The number of ether oxygens (including phenoxy) is 3. The van der Waals surface area contributed by atoms with Crippen LogP contribution in [0.1, 0.15) is 68.4 Å². The van der Waals surface area contributed by atoms with Crippen molar-refractivity contribution in [2.45, 2.75) is 84.1 Å². The number of aromatic nitrogens is 2. The van der Waals surface area contributed by atoms with Crippen LogP contribution in [-0.2, 0) is 31.0 Å². The molecule has 2 aliphatic rings. The quantitative estimate of drug-likeness (QED) is 0.181. The van der Waals surface area contributed by atoms with E-state index in [0.717, 1.165) is 66.1 Å². The first-order valence-corrected chi connectivity index (χ1v) is 15.4. The lowest BCUT2D eigenvalue weighted by Crippen LogP contribution is -2.48. The average Bonchev–Trinajstić information content (AvgIpc) is 3.50. The van der Waals surface area contributed by atoms with Crippen LogP contribution >= 0.6 is 0 Å². The van der Waals surface area contributed by atoms with Crippen LogP contribution in [0.15, 0.2) is 85.5 Å². The second-order valence-corrected chi connectivity index (χ2v) is 12.5. The van der Waals surface area contributed by atoms with E-state index in [1.54, 1.807) is 18.3 Å². The zero-order valence-electron chi connectivity index (χ0n) is 25.4. The Morgan fingerprint density at radius 3 is 2.65 bits per heavy atom. The summed E-state index contributed by atoms with van der Waals surface area (Å²) in [6.45, 7) is 9.92. The molecular formula is C36H42FN3O3. The molecule has 1 saturated heterocycles. The number of benzene rings is 3. The van der Waals surface area contributed by atoms with Gasteiger partial charge in [-0.25, -0.2) is 9.37 Å². The SMILES string of the molecule is C[C@H]1CC[C@H]2[C@H](O1)c1cc(OCc3ccccc3)c(CN(CCCn3ccnc3)Cc3cccc(F)c3)cc1OC2(C)C. The Morgan fingerprint density at radius 1 is 1.02 bits per heavy atom. The van der Waals surface area contributed by atoms with E-state index in [4.69, 9.17) is 14.2 Å². The summed E-state index contributed by atoms with van der Waals surface area (Å²) in [7, 11) is 0. The van der Waals surface area contributed by atoms with Gasteiger partial charge in [-0.15, -0.1) is 0 Å². The first kappa shape index (κ1) is 29.4. The van der Waals surface area contributed by atoms with E-state index in [1.807, 2.05) is 36.8 Å². The van der Waals surface area contributed by atoms with Gasteiger partial charge in [-0.1, -0.05) is 42.5 Å². The molecule has 7 heteroatoms. The molecule has 3 atom stereocenters. The van der Waals surface area contributed by atoms with Gasteiger partial charge in [0.25, 0.3) is 0 Å². The van der Waals surface area contributed by atoms with Crippen molar-refractivity contribution in [3.8, 4) is 11.5 Å². The van der Waals surface area contributed by atoms with Gasteiger partial charge in [0, 0.05) is 55.6 Å². The zero-order valence-corrected chi connectivity index (χ0v) is 25.4. The van der Waals surface area contributed by atoms with Gasteiger partial charge < -0.3 is 18.8 Å². The van der Waals surface area contributed by atoms with Crippen LogP contribution in [0.3, 0.4) is 0 Å². The fourth-order valence-corrected chi connectivity index (χ4v) is 6.51. The summed E-state index contributed by atoms with van der Waals surface area (Å²) in [5, 5.41) is 0. The molecule has 226 valence electrons. The van der Waals surface area contributed by atoms with Gasteiger partial charge in [0.2, 0.25) is 0 Å². The predicted molar refractivity (Wildman–Crippen MR) is 165 cm³/mol. The van der Waals surface area contributed by atoms with E-state index in [0.29, 0.717) is 19.7 Å². The monoisotopic (exact) mass is 583 g/mol. The third kappa shape index (κ3) is 7.11. The predicted octanol–water partition coefficient (Wildman–Crippen LogP) is 7.72. The largest absolute Gasteiger partial charge is 0.489 e. The standard InChI is InChI=1S/C36H42FN3O3/c1-26-13-14-32-35(42-26)31-21-33(41-24-27-9-5-4-6-10-27)29(20-34(31)43-36(32,2)3)23-40(17-8-16-39-18-15-38-25-39)22-28-11-7-12-30(37)19-28/h4-7,9-12,15,18-21,25-26,32,35H,8,13-14,16-17,22-24H2,1-3H3/t26-,32-,35+/m0/s1. The summed E-state index contributed by atoms with van der Waals surface area (Å²) < 4.78 is 36.1. The first-order chi connectivity index (χ1) is 20.8. The second kappa shape index (κ2) is 12.9. The minimum absolute atomic E-state index is 0.0331.